The van der Waals surface area contributed by atoms with Gasteiger partial charge in [0, 0.05) is 28.1 Å². The molecule has 2 fully saturated rings. The molecule has 19 nitrogen and oxygen atoms in total. The number of anilines is 1. The number of aromatic nitrogens is 8. The van der Waals surface area contributed by atoms with Gasteiger partial charge in [-0.3, -0.25) is 18.7 Å². The lowest BCUT2D eigenvalue weighted by Gasteiger charge is -2.23. The van der Waals surface area contributed by atoms with Gasteiger partial charge in [-0.1, -0.05) is 11.6 Å². The summed E-state index contributed by atoms with van der Waals surface area (Å²) in [6.07, 6.45) is -4.37. The van der Waals surface area contributed by atoms with Gasteiger partial charge in [0.1, 0.15) is 35.4 Å². The molecule has 4 N–H and O–H groups in total. The van der Waals surface area contributed by atoms with Crippen molar-refractivity contribution in [2.45, 2.75) is 62.9 Å². The van der Waals surface area contributed by atoms with E-state index >= 15 is 0 Å². The molecule has 0 amide bonds. The van der Waals surface area contributed by atoms with Crippen LogP contribution in [0.2, 0.25) is 15.7 Å². The zero-order valence-electron chi connectivity index (χ0n) is 25.6. The number of nitrogens with zero attached hydrogens (tertiary/aromatic N) is 8. The molecule has 0 unspecified atom stereocenters. The lowest BCUT2D eigenvalue weighted by Crippen LogP contribution is -2.40. The Kier molecular flexibility index (Phi) is 11.1. The van der Waals surface area contributed by atoms with E-state index in [1.165, 1.54) is 49.9 Å². The molecule has 260 valence electrons. The van der Waals surface area contributed by atoms with Crippen LogP contribution in [0, 0.1) is 0 Å². The van der Waals surface area contributed by atoms with E-state index in [0.29, 0.717) is 16.7 Å². The summed E-state index contributed by atoms with van der Waals surface area (Å²) in [5.74, 6) is -0.990. The average Bonchev–Trinajstić information content (AvgIpc) is 3.76. The van der Waals surface area contributed by atoms with Crippen molar-refractivity contribution < 1.29 is 48.2 Å². The highest BCUT2D eigenvalue weighted by Crippen LogP contribution is 2.37. The Morgan fingerprint density at radius 2 is 1.31 bits per heavy atom. The van der Waals surface area contributed by atoms with Crippen LogP contribution in [0.4, 0.5) is 5.82 Å². The first-order chi connectivity index (χ1) is 22.8. The van der Waals surface area contributed by atoms with Gasteiger partial charge in [-0.25, -0.2) is 15.0 Å². The van der Waals surface area contributed by atoms with Gasteiger partial charge < -0.3 is 44.4 Å². The molecule has 0 bridgehead atoms. The van der Waals surface area contributed by atoms with E-state index in [9.17, 15) is 19.8 Å². The van der Waals surface area contributed by atoms with E-state index in [0.717, 1.165) is 0 Å². The zero-order valence-corrected chi connectivity index (χ0v) is 27.9. The Labute approximate surface area is 286 Å². The van der Waals surface area contributed by atoms with Gasteiger partial charge in [0.2, 0.25) is 10.6 Å². The highest BCUT2D eigenvalue weighted by Gasteiger charge is 2.50. The minimum Gasteiger partial charge on any atom is -0.456 e. The Morgan fingerprint density at radius 3 is 1.94 bits per heavy atom. The van der Waals surface area contributed by atoms with Crippen molar-refractivity contribution in [3.8, 4) is 0 Å². The summed E-state index contributed by atoms with van der Waals surface area (Å²) in [4.78, 5) is 47.2. The second kappa shape index (κ2) is 14.9. The molecule has 2 aliphatic rings. The molecule has 8 atom stereocenters. The van der Waals surface area contributed by atoms with E-state index in [4.69, 9.17) is 69.0 Å². The van der Waals surface area contributed by atoms with Gasteiger partial charge in [-0.05, 0) is 23.2 Å². The number of rotatable bonds is 8. The number of aliphatic hydroxyl groups is 2. The van der Waals surface area contributed by atoms with Crippen molar-refractivity contribution in [1.29, 1.82) is 0 Å². The number of nitrogen functional groups attached to an aromatic ring is 1. The number of nitrogens with two attached hydrogens (primary N) is 1. The monoisotopic (exact) mass is 733 g/mol. The Balaban J connectivity index is 0.000000194. The van der Waals surface area contributed by atoms with Crippen LogP contribution in [0.5, 0.6) is 0 Å². The first kappa shape index (κ1) is 35.8. The predicted molar refractivity (Wildman–Crippen MR) is 165 cm³/mol. The summed E-state index contributed by atoms with van der Waals surface area (Å²) >= 11 is 17.7. The Morgan fingerprint density at radius 1 is 0.792 bits per heavy atom. The van der Waals surface area contributed by atoms with Crippen LogP contribution in [-0.2, 0) is 38.0 Å². The standard InChI is InChI=1S/C15H16Cl2N4O6.C11H14ClN5O4/c1-6(22)25-10-8(4-24-3)27-14(11(10)26-7(2)23)21-5-18-9-12(16)19-15(17)20-13(9)21;1-20-2-4-6(18)7(19)10(21-4)17-3-14-5-8(13)15-11(12)16-9(5)17/h5,8,10-11,14H,4H2,1-3H3;3-4,6-7,10,18-19H,2H2,1H3,(H2,13,15,16)/t8-,10-,11-,14-;4-,6-,7-,10-/m11/s1. The lowest BCUT2D eigenvalue weighted by molar-refractivity contribution is -0.165. The maximum absolute atomic E-state index is 11.6. The minimum absolute atomic E-state index is 0.0387. The van der Waals surface area contributed by atoms with Crippen LogP contribution < -0.4 is 5.73 Å². The fourth-order valence-corrected chi connectivity index (χ4v) is 5.88. The van der Waals surface area contributed by atoms with Gasteiger partial charge in [0.25, 0.3) is 0 Å². The summed E-state index contributed by atoms with van der Waals surface area (Å²) < 4.78 is 35.3. The number of carbonyl (C=O) groups excluding carboxylic acids is 2. The van der Waals surface area contributed by atoms with Gasteiger partial charge in [-0.2, -0.15) is 15.0 Å². The number of carbonyl (C=O) groups is 2. The summed E-state index contributed by atoms with van der Waals surface area (Å²) in [6.45, 7) is 2.75. The van der Waals surface area contributed by atoms with E-state index < -0.39 is 61.0 Å². The molecular weight excluding hydrogens is 705 g/mol. The molecule has 0 radical (unpaired) electrons. The number of hydrogen-bond donors (Lipinski definition) is 3. The van der Waals surface area contributed by atoms with Crippen LogP contribution in [-0.4, -0.2) is 125 Å². The van der Waals surface area contributed by atoms with Crippen LogP contribution >= 0.6 is 34.8 Å². The van der Waals surface area contributed by atoms with E-state index in [1.54, 1.807) is 0 Å². The fourth-order valence-electron chi connectivity index (χ4n) is 5.28. The number of hydrogen-bond acceptors (Lipinski definition) is 17. The van der Waals surface area contributed by atoms with Crippen LogP contribution in [0.1, 0.15) is 26.3 Å². The van der Waals surface area contributed by atoms with Crippen LogP contribution in [0.25, 0.3) is 22.3 Å². The number of fused-ring (bicyclic) bond motifs is 2. The summed E-state index contributed by atoms with van der Waals surface area (Å²) in [7, 11) is 2.96. The summed E-state index contributed by atoms with van der Waals surface area (Å²) in [6, 6.07) is 0. The maximum Gasteiger partial charge on any atom is 0.303 e. The molecule has 6 heterocycles. The number of aliphatic hydroxyl groups excluding tert-OH is 2. The van der Waals surface area contributed by atoms with E-state index in [-0.39, 0.29) is 40.4 Å². The summed E-state index contributed by atoms with van der Waals surface area (Å²) in [5, 5.41) is 20.0. The van der Waals surface area contributed by atoms with Gasteiger partial charge in [0.15, 0.2) is 46.9 Å². The first-order valence-corrected chi connectivity index (χ1v) is 15.2. The molecule has 0 aromatic carbocycles. The maximum atomic E-state index is 11.6. The van der Waals surface area contributed by atoms with Gasteiger partial charge in [0.05, 0.1) is 25.9 Å². The fraction of sp³-hybridized carbons (Fsp3) is 0.538. The third-order valence-corrected chi connectivity index (χ3v) is 7.81. The summed E-state index contributed by atoms with van der Waals surface area (Å²) in [5.41, 5.74) is 6.97. The number of methoxy groups -OCH3 is 2. The molecular formula is C26H30Cl3N9O10. The highest BCUT2D eigenvalue weighted by molar-refractivity contribution is 6.35. The van der Waals surface area contributed by atoms with Gasteiger partial charge >= 0.3 is 11.9 Å². The van der Waals surface area contributed by atoms with Crippen LogP contribution in [0.15, 0.2) is 12.7 Å². The van der Waals surface area contributed by atoms with Crippen molar-refractivity contribution in [2.24, 2.45) is 0 Å². The molecule has 22 heteroatoms. The average molecular weight is 735 g/mol. The zero-order chi connectivity index (χ0) is 34.9. The highest BCUT2D eigenvalue weighted by atomic mass is 35.5. The number of esters is 2. The van der Waals surface area contributed by atoms with E-state index in [2.05, 4.69) is 29.9 Å². The van der Waals surface area contributed by atoms with Crippen LogP contribution in [0.3, 0.4) is 0 Å². The quantitative estimate of drug-likeness (QED) is 0.129. The second-order valence-corrected chi connectivity index (χ2v) is 11.5. The molecule has 6 rings (SSSR count). The molecule has 0 spiro atoms. The minimum atomic E-state index is -1.16. The third kappa shape index (κ3) is 7.24. The molecule has 4 aromatic heterocycles. The topological polar surface area (TPSA) is 243 Å². The molecule has 48 heavy (non-hydrogen) atoms. The van der Waals surface area contributed by atoms with Crippen molar-refractivity contribution in [1.82, 2.24) is 39.0 Å². The number of ether oxygens (including phenoxy) is 6. The van der Waals surface area contributed by atoms with E-state index in [1.807, 2.05) is 0 Å². The third-order valence-electron chi connectivity index (χ3n) is 7.21. The molecule has 0 saturated carbocycles. The Hall–Kier alpha value is -3.53. The van der Waals surface area contributed by atoms with Gasteiger partial charge in [-0.15, -0.1) is 0 Å². The molecule has 2 saturated heterocycles. The lowest BCUT2D eigenvalue weighted by atomic mass is 10.1. The second-order valence-electron chi connectivity index (χ2n) is 10.5. The number of imidazole rings is 2. The van der Waals surface area contributed by atoms with Crippen molar-refractivity contribution >= 4 is 74.9 Å². The van der Waals surface area contributed by atoms with Crippen molar-refractivity contribution in [3.63, 3.8) is 0 Å². The smallest absolute Gasteiger partial charge is 0.303 e. The molecule has 0 aliphatic carbocycles. The largest absolute Gasteiger partial charge is 0.456 e. The van der Waals surface area contributed by atoms with Crippen molar-refractivity contribution in [3.05, 3.63) is 28.4 Å². The predicted octanol–water partition coefficient (Wildman–Crippen LogP) is 0.868. The molecule has 4 aromatic rings. The first-order valence-electron chi connectivity index (χ1n) is 14.0. The SMILES string of the molecule is COC[C@H]1O[C@@H](n2cnc3c(Cl)nc(Cl)nc32)[C@H](OC(C)=O)[C@@H]1OC(C)=O.COC[C@H]1O[C@@H](n2cnc3c(N)nc(Cl)nc32)[C@H](O)[C@@H]1O. The molecule has 2 aliphatic heterocycles. The normalized spacial score (nSPS) is 26.9. The van der Waals surface area contributed by atoms with Crippen molar-refractivity contribution in [2.75, 3.05) is 33.2 Å². The number of halogens is 3. The Bertz CT molecular complexity index is 1800.